The van der Waals surface area contributed by atoms with E-state index in [-0.39, 0.29) is 29.3 Å². The van der Waals surface area contributed by atoms with Gasteiger partial charge in [0.2, 0.25) is 0 Å². The average Bonchev–Trinajstić information content (AvgIpc) is 3.45. The largest absolute Gasteiger partial charge is 0.496 e. The van der Waals surface area contributed by atoms with E-state index in [9.17, 15) is 20.0 Å². The molecule has 1 atom stereocenters. The molecule has 38 heavy (non-hydrogen) atoms. The fourth-order valence-corrected chi connectivity index (χ4v) is 4.41. The van der Waals surface area contributed by atoms with E-state index in [1.807, 2.05) is 0 Å². The number of carbonyl (C=O) groups is 2. The van der Waals surface area contributed by atoms with Gasteiger partial charge in [0, 0.05) is 6.07 Å². The summed E-state index contributed by atoms with van der Waals surface area (Å²) in [5.74, 6) is -1.54. The SMILES string of the molecule is COC(=O)C1=C(C(=O)OC)N(c2ccc(-c3ccc(CO)o3)c(OC)c2)C(N)=C(C#N)C1c1ccccc1. The number of furan rings is 1. The molecule has 10 heteroatoms. The molecule has 3 N–H and O–H groups in total. The summed E-state index contributed by atoms with van der Waals surface area (Å²) in [6.07, 6.45) is 0. The Kier molecular flexibility index (Phi) is 7.50. The first-order chi connectivity index (χ1) is 18.4. The van der Waals surface area contributed by atoms with Gasteiger partial charge in [-0.2, -0.15) is 5.26 Å². The second-order valence-corrected chi connectivity index (χ2v) is 8.14. The zero-order valence-corrected chi connectivity index (χ0v) is 20.9. The summed E-state index contributed by atoms with van der Waals surface area (Å²) in [6, 6.07) is 19.1. The quantitative estimate of drug-likeness (QED) is 0.449. The van der Waals surface area contributed by atoms with Crippen LogP contribution >= 0.6 is 0 Å². The predicted molar refractivity (Wildman–Crippen MR) is 136 cm³/mol. The molecule has 2 heterocycles. The van der Waals surface area contributed by atoms with Crippen molar-refractivity contribution < 1.29 is 33.3 Å². The number of allylic oxidation sites excluding steroid dienone is 1. The fourth-order valence-electron chi connectivity index (χ4n) is 4.41. The van der Waals surface area contributed by atoms with Crippen molar-refractivity contribution in [3.8, 4) is 23.1 Å². The number of aliphatic hydroxyl groups excluding tert-OH is 1. The lowest BCUT2D eigenvalue weighted by Crippen LogP contribution is -2.40. The molecule has 0 saturated heterocycles. The third-order valence-electron chi connectivity index (χ3n) is 6.14. The number of carbonyl (C=O) groups excluding carboxylic acids is 2. The molecule has 1 aliphatic heterocycles. The number of rotatable bonds is 7. The number of nitrogens with two attached hydrogens (primary N) is 1. The van der Waals surface area contributed by atoms with Gasteiger partial charge in [0.1, 0.15) is 35.4 Å². The summed E-state index contributed by atoms with van der Waals surface area (Å²) in [5.41, 5.74) is 7.75. The Morgan fingerprint density at radius 2 is 1.76 bits per heavy atom. The van der Waals surface area contributed by atoms with E-state index in [0.717, 1.165) is 0 Å². The Labute approximate surface area is 218 Å². The minimum Gasteiger partial charge on any atom is -0.496 e. The van der Waals surface area contributed by atoms with Gasteiger partial charge in [0.15, 0.2) is 0 Å². The van der Waals surface area contributed by atoms with Crippen LogP contribution in [-0.4, -0.2) is 38.4 Å². The second kappa shape index (κ2) is 10.9. The van der Waals surface area contributed by atoms with Crippen molar-refractivity contribution in [3.63, 3.8) is 0 Å². The van der Waals surface area contributed by atoms with Crippen LogP contribution in [0.4, 0.5) is 5.69 Å². The topological polar surface area (TPSA) is 148 Å². The standard InChI is InChI=1S/C28H25N3O7/c1-35-22-13-17(9-11-19(22)21-12-10-18(15-32)38-21)31-25(28(34)37-3)24(27(33)36-2)23(20(14-29)26(31)30)16-7-5-4-6-8-16/h4-13,23,32H,15,30H2,1-3H3. The maximum Gasteiger partial charge on any atom is 0.355 e. The summed E-state index contributed by atoms with van der Waals surface area (Å²) in [5, 5.41) is 19.5. The van der Waals surface area contributed by atoms with E-state index in [1.54, 1.807) is 60.7 Å². The molecular formula is C28H25N3O7. The van der Waals surface area contributed by atoms with Gasteiger partial charge in [-0.3, -0.25) is 4.90 Å². The number of aliphatic hydroxyl groups is 1. The molecule has 0 fully saturated rings. The Morgan fingerprint density at radius 3 is 2.34 bits per heavy atom. The van der Waals surface area contributed by atoms with Crippen molar-refractivity contribution in [3.05, 3.63) is 94.7 Å². The van der Waals surface area contributed by atoms with Crippen molar-refractivity contribution in [1.82, 2.24) is 0 Å². The maximum absolute atomic E-state index is 13.2. The first-order valence-corrected chi connectivity index (χ1v) is 11.4. The summed E-state index contributed by atoms with van der Waals surface area (Å²) >= 11 is 0. The van der Waals surface area contributed by atoms with E-state index < -0.39 is 17.9 Å². The Morgan fingerprint density at radius 1 is 1.05 bits per heavy atom. The van der Waals surface area contributed by atoms with Gasteiger partial charge in [-0.25, -0.2) is 9.59 Å². The van der Waals surface area contributed by atoms with E-state index in [1.165, 1.54) is 26.2 Å². The number of methoxy groups -OCH3 is 3. The van der Waals surface area contributed by atoms with Crippen LogP contribution in [0.15, 0.2) is 87.7 Å². The van der Waals surface area contributed by atoms with Gasteiger partial charge in [0.25, 0.3) is 0 Å². The van der Waals surface area contributed by atoms with Crippen LogP contribution in [0, 0.1) is 11.3 Å². The molecule has 2 aromatic carbocycles. The molecule has 0 amide bonds. The van der Waals surface area contributed by atoms with Crippen molar-refractivity contribution in [1.29, 1.82) is 5.26 Å². The van der Waals surface area contributed by atoms with Crippen LogP contribution in [0.2, 0.25) is 0 Å². The number of nitriles is 1. The van der Waals surface area contributed by atoms with Crippen LogP contribution in [0.25, 0.3) is 11.3 Å². The lowest BCUT2D eigenvalue weighted by Gasteiger charge is -2.36. The van der Waals surface area contributed by atoms with Crippen LogP contribution in [-0.2, 0) is 25.7 Å². The second-order valence-electron chi connectivity index (χ2n) is 8.14. The van der Waals surface area contributed by atoms with E-state index >= 15 is 0 Å². The van der Waals surface area contributed by atoms with Crippen LogP contribution in [0.1, 0.15) is 17.2 Å². The zero-order valence-electron chi connectivity index (χ0n) is 20.9. The van der Waals surface area contributed by atoms with Crippen LogP contribution in [0.3, 0.4) is 0 Å². The Bertz CT molecular complexity index is 1480. The lowest BCUT2D eigenvalue weighted by molar-refractivity contribution is -0.139. The molecule has 0 saturated carbocycles. The third-order valence-corrected chi connectivity index (χ3v) is 6.14. The van der Waals surface area contributed by atoms with Crippen molar-refractivity contribution in [2.75, 3.05) is 26.2 Å². The van der Waals surface area contributed by atoms with E-state index in [0.29, 0.717) is 34.1 Å². The fraction of sp³-hybridized carbons (Fsp3) is 0.179. The van der Waals surface area contributed by atoms with Gasteiger partial charge >= 0.3 is 11.9 Å². The summed E-state index contributed by atoms with van der Waals surface area (Å²) in [6.45, 7) is -0.265. The molecule has 10 nitrogen and oxygen atoms in total. The highest BCUT2D eigenvalue weighted by Gasteiger charge is 2.43. The van der Waals surface area contributed by atoms with Gasteiger partial charge in [-0.05, 0) is 29.8 Å². The summed E-state index contributed by atoms with van der Waals surface area (Å²) < 4.78 is 21.3. The lowest BCUT2D eigenvalue weighted by atomic mass is 9.81. The number of hydrogen-bond donors (Lipinski definition) is 2. The van der Waals surface area contributed by atoms with Crippen LogP contribution < -0.4 is 15.4 Å². The highest BCUT2D eigenvalue weighted by Crippen LogP contribution is 2.44. The molecule has 0 spiro atoms. The van der Waals surface area contributed by atoms with Crippen LogP contribution in [0.5, 0.6) is 5.75 Å². The molecule has 0 bridgehead atoms. The first kappa shape index (κ1) is 26.1. The minimum atomic E-state index is -0.972. The number of nitrogens with zero attached hydrogens (tertiary/aromatic N) is 2. The first-order valence-electron chi connectivity index (χ1n) is 11.4. The van der Waals surface area contributed by atoms with Gasteiger partial charge in [0.05, 0.1) is 55.7 Å². The number of anilines is 1. The zero-order chi connectivity index (χ0) is 27.4. The van der Waals surface area contributed by atoms with Crippen molar-refractivity contribution >= 4 is 17.6 Å². The molecule has 0 aliphatic carbocycles. The molecular weight excluding hydrogens is 490 g/mol. The monoisotopic (exact) mass is 515 g/mol. The number of hydrogen-bond acceptors (Lipinski definition) is 10. The van der Waals surface area contributed by atoms with Gasteiger partial charge < -0.3 is 29.5 Å². The number of ether oxygens (including phenoxy) is 3. The summed E-state index contributed by atoms with van der Waals surface area (Å²) in [4.78, 5) is 27.7. The summed E-state index contributed by atoms with van der Waals surface area (Å²) in [7, 11) is 3.82. The number of benzene rings is 2. The Hall–Kier alpha value is -5.01. The van der Waals surface area contributed by atoms with Gasteiger partial charge in [-0.15, -0.1) is 0 Å². The molecule has 1 aliphatic rings. The van der Waals surface area contributed by atoms with Crippen molar-refractivity contribution in [2.45, 2.75) is 12.5 Å². The minimum absolute atomic E-state index is 0.0471. The molecule has 1 aromatic heterocycles. The molecule has 194 valence electrons. The highest BCUT2D eigenvalue weighted by molar-refractivity contribution is 6.06. The maximum atomic E-state index is 13.2. The average molecular weight is 516 g/mol. The van der Waals surface area contributed by atoms with Crippen molar-refractivity contribution in [2.24, 2.45) is 5.73 Å². The normalized spacial score (nSPS) is 15.2. The molecule has 0 radical (unpaired) electrons. The van der Waals surface area contributed by atoms with E-state index in [2.05, 4.69) is 6.07 Å². The Balaban J connectivity index is 1.99. The number of esters is 2. The molecule has 1 unspecified atom stereocenters. The molecule has 4 rings (SSSR count). The van der Waals surface area contributed by atoms with E-state index in [4.69, 9.17) is 24.4 Å². The predicted octanol–water partition coefficient (Wildman–Crippen LogP) is 3.35. The smallest absolute Gasteiger partial charge is 0.355 e. The van der Waals surface area contributed by atoms with Gasteiger partial charge in [-0.1, -0.05) is 30.3 Å². The highest BCUT2D eigenvalue weighted by atomic mass is 16.5. The molecule has 3 aromatic rings. The third kappa shape index (κ3) is 4.47.